The number of unbranched alkanes of at least 4 members (excludes halogenated alkanes) is 1. The minimum atomic E-state index is -4.53. The minimum absolute atomic E-state index is 0.0564. The number of benzene rings is 2. The number of aliphatic hydroxyl groups excluding tert-OH is 2. The lowest BCUT2D eigenvalue weighted by Gasteiger charge is -2.50. The maximum atomic E-state index is 14.2. The van der Waals surface area contributed by atoms with Crippen LogP contribution < -0.4 is 10.5 Å². The molecule has 0 aromatic heterocycles. The number of carbonyl (C=O) groups is 3. The molecule has 4 atom stereocenters. The summed E-state index contributed by atoms with van der Waals surface area (Å²) in [6.45, 7) is 2.25. The summed E-state index contributed by atoms with van der Waals surface area (Å²) < 4.78 is 45.8. The Hall–Kier alpha value is -4.16. The number of carbonyl (C=O) groups excluding carboxylic acids is 3. The molecule has 5 N–H and O–H groups in total. The van der Waals surface area contributed by atoms with Gasteiger partial charge in [0.2, 0.25) is 5.78 Å². The van der Waals surface area contributed by atoms with E-state index in [4.69, 9.17) is 10.5 Å². The molecule has 0 saturated heterocycles. The van der Waals surface area contributed by atoms with Gasteiger partial charge in [-0.05, 0) is 74.2 Å². The number of rotatable bonds is 7. The number of hydrogen-bond acceptors (Lipinski definition) is 8. The highest BCUT2D eigenvalue weighted by Gasteiger charge is 2.64. The molecule has 9 nitrogen and oxygen atoms in total. The maximum Gasteiger partial charge on any atom is 0.416 e. The topological polar surface area (TPSA) is 150 Å². The number of hydrogen-bond donors (Lipinski definition) is 4. The maximum absolute atomic E-state index is 14.2. The zero-order valence-corrected chi connectivity index (χ0v) is 24.4. The van der Waals surface area contributed by atoms with Crippen LogP contribution in [0.5, 0.6) is 5.75 Å². The molecular weight excluding hydrogens is 581 g/mol. The summed E-state index contributed by atoms with van der Waals surface area (Å²) in [6, 6.07) is 6.62. The third kappa shape index (κ3) is 4.76. The van der Waals surface area contributed by atoms with Gasteiger partial charge in [-0.25, -0.2) is 0 Å². The molecule has 1 fully saturated rings. The Labute approximate surface area is 251 Å². The molecule has 44 heavy (non-hydrogen) atoms. The number of alkyl halides is 3. The number of ketones is 2. The van der Waals surface area contributed by atoms with E-state index in [-0.39, 0.29) is 36.3 Å². The fourth-order valence-corrected chi connectivity index (χ4v) is 6.79. The molecule has 3 aliphatic carbocycles. The molecular formula is C32H33F3N2O7. The second-order valence-corrected chi connectivity index (χ2v) is 11.7. The number of halogens is 3. The number of amides is 1. The first-order valence-corrected chi connectivity index (χ1v) is 14.3. The Morgan fingerprint density at radius 2 is 1.77 bits per heavy atom. The lowest BCUT2D eigenvalue weighted by molar-refractivity contribution is -0.153. The minimum Gasteiger partial charge on any atom is -0.508 e. The van der Waals surface area contributed by atoms with Gasteiger partial charge >= 0.3 is 6.18 Å². The Morgan fingerprint density at radius 1 is 1.11 bits per heavy atom. The van der Waals surface area contributed by atoms with Gasteiger partial charge in [0.05, 0.1) is 23.8 Å². The normalized spacial score (nSPS) is 25.1. The molecule has 2 aromatic rings. The molecule has 0 heterocycles. The van der Waals surface area contributed by atoms with E-state index < -0.39 is 69.8 Å². The van der Waals surface area contributed by atoms with Crippen LogP contribution in [0.3, 0.4) is 0 Å². The highest BCUT2D eigenvalue weighted by Crippen LogP contribution is 2.53. The molecule has 1 saturated carbocycles. The number of primary amides is 1. The SMILES string of the molecule is CCCCOc1ccc(-c2ccc(C(F)(F)F)cc2)c2c1C(O)=C1C(=O)[C@]3(O)C(O)=C(C(N)=O)C(=O)[C@H](N(C)C)[C@@H]3C[C@@H]1C2. The summed E-state index contributed by atoms with van der Waals surface area (Å²) in [5.41, 5.74) is 2.37. The van der Waals surface area contributed by atoms with E-state index in [1.54, 1.807) is 12.1 Å². The van der Waals surface area contributed by atoms with Crippen LogP contribution in [-0.2, 0) is 27.0 Å². The second-order valence-electron chi connectivity index (χ2n) is 11.7. The molecule has 5 rings (SSSR count). The largest absolute Gasteiger partial charge is 0.508 e. The van der Waals surface area contributed by atoms with Gasteiger partial charge in [0, 0.05) is 11.5 Å². The fourth-order valence-electron chi connectivity index (χ4n) is 6.79. The first kappa shape index (κ1) is 31.3. The van der Waals surface area contributed by atoms with Gasteiger partial charge in [-0.1, -0.05) is 31.5 Å². The van der Waals surface area contributed by atoms with Crippen LogP contribution in [-0.4, -0.2) is 70.0 Å². The van der Waals surface area contributed by atoms with E-state index >= 15 is 0 Å². The summed E-state index contributed by atoms with van der Waals surface area (Å²) in [4.78, 5) is 41.1. The van der Waals surface area contributed by atoms with Gasteiger partial charge in [0.25, 0.3) is 5.91 Å². The zero-order valence-electron chi connectivity index (χ0n) is 24.4. The summed E-state index contributed by atoms with van der Waals surface area (Å²) in [7, 11) is 3.05. The van der Waals surface area contributed by atoms with Crippen LogP contribution >= 0.6 is 0 Å². The Balaban J connectivity index is 1.72. The second kappa shape index (κ2) is 11.1. The highest BCUT2D eigenvalue weighted by molar-refractivity contribution is 6.24. The molecule has 0 radical (unpaired) electrons. The van der Waals surface area contributed by atoms with Crippen molar-refractivity contribution in [3.8, 4) is 16.9 Å². The molecule has 12 heteroatoms. The van der Waals surface area contributed by atoms with Crippen molar-refractivity contribution in [1.82, 2.24) is 4.90 Å². The Morgan fingerprint density at radius 3 is 2.34 bits per heavy atom. The third-order valence-electron chi connectivity index (χ3n) is 8.87. The molecule has 0 unspecified atom stereocenters. The molecule has 0 aliphatic heterocycles. The summed E-state index contributed by atoms with van der Waals surface area (Å²) >= 11 is 0. The van der Waals surface area contributed by atoms with Crippen molar-refractivity contribution in [3.05, 3.63) is 70.0 Å². The molecule has 0 bridgehead atoms. The van der Waals surface area contributed by atoms with Gasteiger partial charge in [-0.15, -0.1) is 0 Å². The quantitative estimate of drug-likeness (QED) is 0.269. The van der Waals surface area contributed by atoms with Gasteiger partial charge in [0.1, 0.15) is 22.8 Å². The van der Waals surface area contributed by atoms with E-state index in [2.05, 4.69) is 0 Å². The van der Waals surface area contributed by atoms with Crippen molar-refractivity contribution >= 4 is 23.2 Å². The summed E-state index contributed by atoms with van der Waals surface area (Å²) in [5, 5.41) is 34.6. The molecule has 234 valence electrons. The van der Waals surface area contributed by atoms with Crippen molar-refractivity contribution in [2.45, 2.75) is 50.4 Å². The zero-order chi connectivity index (χ0) is 32.3. The standard InChI is InChI=1S/C32H33F3N2O7/c1-4-5-12-44-21-11-10-18(15-6-8-17(9-7-15)32(33,34)35)19-13-16-14-20-25(37(2)3)27(39)24(30(36)42)29(41)31(20,43)28(40)22(16)26(38)23(19)21/h6-11,16,20,25,38,41,43H,4-5,12-14H2,1-3H3,(H2,36,42)/t16-,20-,25+,31-/m0/s1. The molecule has 3 aliphatic rings. The van der Waals surface area contributed by atoms with E-state index in [0.717, 1.165) is 18.6 Å². The number of ether oxygens (including phenoxy) is 1. The van der Waals surface area contributed by atoms with E-state index in [1.807, 2.05) is 6.92 Å². The smallest absolute Gasteiger partial charge is 0.416 e. The third-order valence-corrected chi connectivity index (χ3v) is 8.87. The fraction of sp³-hybridized carbons (Fsp3) is 0.406. The molecule has 0 spiro atoms. The van der Waals surface area contributed by atoms with Gasteiger partial charge in [0.15, 0.2) is 11.4 Å². The first-order chi connectivity index (χ1) is 20.6. The van der Waals surface area contributed by atoms with Gasteiger partial charge in [-0.3, -0.25) is 19.3 Å². The van der Waals surface area contributed by atoms with E-state index in [1.165, 1.54) is 31.1 Å². The van der Waals surface area contributed by atoms with Crippen molar-refractivity contribution in [2.24, 2.45) is 17.6 Å². The lowest BCUT2D eigenvalue weighted by atomic mass is 9.57. The lowest BCUT2D eigenvalue weighted by Crippen LogP contribution is -2.65. The number of nitrogens with zero attached hydrogens (tertiary/aromatic N) is 1. The van der Waals surface area contributed by atoms with Crippen molar-refractivity contribution in [3.63, 3.8) is 0 Å². The van der Waals surface area contributed by atoms with Crippen LogP contribution in [0.25, 0.3) is 16.9 Å². The highest BCUT2D eigenvalue weighted by atomic mass is 19.4. The predicted octanol–water partition coefficient (Wildman–Crippen LogP) is 4.12. The summed E-state index contributed by atoms with van der Waals surface area (Å²) in [5.74, 6) is -6.60. The number of likely N-dealkylation sites (N-methyl/N-ethyl adjacent to an activating group) is 1. The molecule has 1 amide bonds. The van der Waals surface area contributed by atoms with Crippen LogP contribution in [0.1, 0.15) is 42.9 Å². The monoisotopic (exact) mass is 614 g/mol. The molecule has 2 aromatic carbocycles. The van der Waals surface area contributed by atoms with E-state index in [9.17, 15) is 42.9 Å². The Kier molecular flexibility index (Phi) is 7.88. The number of aliphatic hydroxyl groups is 3. The van der Waals surface area contributed by atoms with Crippen LogP contribution in [0.4, 0.5) is 13.2 Å². The number of Topliss-reactive ketones (excluding diaryl/α,β-unsaturated/α-hetero) is 2. The predicted molar refractivity (Wildman–Crippen MR) is 153 cm³/mol. The average molecular weight is 615 g/mol. The van der Waals surface area contributed by atoms with Crippen molar-refractivity contribution in [2.75, 3.05) is 20.7 Å². The number of fused-ring (bicyclic) bond motifs is 3. The van der Waals surface area contributed by atoms with Gasteiger partial charge < -0.3 is 25.8 Å². The summed E-state index contributed by atoms with van der Waals surface area (Å²) in [6.07, 6.45) is -2.98. The van der Waals surface area contributed by atoms with Gasteiger partial charge in [-0.2, -0.15) is 13.2 Å². The van der Waals surface area contributed by atoms with Crippen molar-refractivity contribution in [1.29, 1.82) is 0 Å². The van der Waals surface area contributed by atoms with Crippen LogP contribution in [0.15, 0.2) is 53.3 Å². The number of nitrogens with two attached hydrogens (primary N) is 1. The average Bonchev–Trinajstić information content (AvgIpc) is 2.94. The first-order valence-electron chi connectivity index (χ1n) is 14.3. The Bertz CT molecular complexity index is 1610. The van der Waals surface area contributed by atoms with Crippen LogP contribution in [0, 0.1) is 11.8 Å². The van der Waals surface area contributed by atoms with E-state index in [0.29, 0.717) is 23.1 Å². The van der Waals surface area contributed by atoms with Crippen molar-refractivity contribution < 1.29 is 47.6 Å². The van der Waals surface area contributed by atoms with Crippen LogP contribution in [0.2, 0.25) is 0 Å².